The highest BCUT2D eigenvalue weighted by atomic mass is 32.1. The fourth-order valence-corrected chi connectivity index (χ4v) is 3.62. The Labute approximate surface area is 152 Å². The maximum Gasteiger partial charge on any atom is 0.285 e. The molecule has 3 rings (SSSR count). The number of hydrogen-bond donors (Lipinski definition) is 1. The predicted octanol–water partition coefficient (Wildman–Crippen LogP) is 2.64. The third-order valence-electron chi connectivity index (χ3n) is 3.52. The van der Waals surface area contributed by atoms with Crippen molar-refractivity contribution in [2.45, 2.75) is 6.42 Å². The Morgan fingerprint density at radius 3 is 2.40 bits per heavy atom. The van der Waals surface area contributed by atoms with Gasteiger partial charge >= 0.3 is 0 Å². The van der Waals surface area contributed by atoms with Crippen molar-refractivity contribution in [2.24, 2.45) is 5.84 Å². The molecule has 0 spiro atoms. The molecule has 0 unspecified atom stereocenters. The van der Waals surface area contributed by atoms with Gasteiger partial charge in [-0.1, -0.05) is 18.2 Å². The van der Waals surface area contributed by atoms with Crippen LogP contribution in [0.15, 0.2) is 59.1 Å². The molecular formula is C17H15N3O3S2. The van der Waals surface area contributed by atoms with Crippen LogP contribution in [-0.2, 0) is 4.79 Å². The van der Waals surface area contributed by atoms with Gasteiger partial charge < -0.3 is 4.90 Å². The third kappa shape index (κ3) is 3.93. The Morgan fingerprint density at radius 1 is 1.08 bits per heavy atom. The number of amides is 2. The number of hydrogen-bond acceptors (Lipinski definition) is 7. The minimum atomic E-state index is -0.573. The minimum Gasteiger partial charge on any atom is -0.346 e. The lowest BCUT2D eigenvalue weighted by molar-refractivity contribution is -0.125. The second-order valence-electron chi connectivity index (χ2n) is 5.27. The molecule has 3 heterocycles. The summed E-state index contributed by atoms with van der Waals surface area (Å²) in [5.41, 5.74) is 0.355. The van der Waals surface area contributed by atoms with Gasteiger partial charge in [0.1, 0.15) is 0 Å². The minimum absolute atomic E-state index is 0.0381. The van der Waals surface area contributed by atoms with Gasteiger partial charge in [0.05, 0.1) is 16.3 Å². The summed E-state index contributed by atoms with van der Waals surface area (Å²) in [6.07, 6.45) is 5.42. The van der Waals surface area contributed by atoms with Crippen LogP contribution < -0.4 is 5.84 Å². The van der Waals surface area contributed by atoms with Crippen molar-refractivity contribution < 1.29 is 14.4 Å². The molecule has 0 fully saturated rings. The molecule has 1 aliphatic heterocycles. The lowest BCUT2D eigenvalue weighted by atomic mass is 10.1. The normalized spacial score (nSPS) is 13.5. The molecule has 128 valence electrons. The molecule has 1 aliphatic rings. The molecule has 2 aromatic heterocycles. The van der Waals surface area contributed by atoms with Crippen molar-refractivity contribution in [3.05, 3.63) is 68.8 Å². The number of nitrogens with zero attached hydrogens (tertiary/aromatic N) is 2. The molecule has 8 heteroatoms. The lowest BCUT2D eigenvalue weighted by Gasteiger charge is -2.22. The molecule has 0 aromatic carbocycles. The Morgan fingerprint density at radius 2 is 1.76 bits per heavy atom. The van der Waals surface area contributed by atoms with Crippen LogP contribution in [0.3, 0.4) is 0 Å². The molecular weight excluding hydrogens is 358 g/mol. The summed E-state index contributed by atoms with van der Waals surface area (Å²) in [6, 6.07) is 6.91. The molecule has 0 saturated carbocycles. The van der Waals surface area contributed by atoms with Crippen LogP contribution >= 0.6 is 22.7 Å². The average molecular weight is 373 g/mol. The van der Waals surface area contributed by atoms with Gasteiger partial charge in [0.15, 0.2) is 5.78 Å². The molecule has 6 nitrogen and oxygen atoms in total. The molecule has 2 aromatic rings. The van der Waals surface area contributed by atoms with Crippen LogP contribution in [0.2, 0.25) is 0 Å². The highest BCUT2D eigenvalue weighted by Gasteiger charge is 2.25. The number of allylic oxidation sites excluding steroid dienone is 1. The van der Waals surface area contributed by atoms with Crippen molar-refractivity contribution >= 4 is 40.3 Å². The molecule has 0 radical (unpaired) electrons. The smallest absolute Gasteiger partial charge is 0.285 e. The van der Waals surface area contributed by atoms with E-state index in [1.54, 1.807) is 47.0 Å². The fourth-order valence-electron chi connectivity index (χ4n) is 2.30. The summed E-state index contributed by atoms with van der Waals surface area (Å²) in [7, 11) is 0. The largest absolute Gasteiger partial charge is 0.346 e. The first-order chi connectivity index (χ1) is 12.1. The summed E-state index contributed by atoms with van der Waals surface area (Å²) < 4.78 is 0. The van der Waals surface area contributed by atoms with Gasteiger partial charge in [-0.2, -0.15) is 0 Å². The van der Waals surface area contributed by atoms with Crippen molar-refractivity contribution in [3.8, 4) is 0 Å². The van der Waals surface area contributed by atoms with Gasteiger partial charge in [0, 0.05) is 18.0 Å². The molecule has 25 heavy (non-hydrogen) atoms. The van der Waals surface area contributed by atoms with Crippen LogP contribution in [0, 0.1) is 0 Å². The van der Waals surface area contributed by atoms with Crippen molar-refractivity contribution in [1.82, 2.24) is 9.91 Å². The van der Waals surface area contributed by atoms with Gasteiger partial charge in [-0.15, -0.1) is 22.7 Å². The van der Waals surface area contributed by atoms with Crippen LogP contribution in [-0.4, -0.2) is 34.1 Å². The van der Waals surface area contributed by atoms with Crippen molar-refractivity contribution in [2.75, 3.05) is 6.54 Å². The number of hydrazine groups is 1. The van der Waals surface area contributed by atoms with E-state index in [4.69, 9.17) is 5.84 Å². The topological polar surface area (TPSA) is 83.7 Å². The number of Topliss-reactive ketones (excluding diaryl/α,β-unsaturated/α-hetero) is 1. The average Bonchev–Trinajstić information content (AvgIpc) is 3.33. The maximum atomic E-state index is 12.5. The van der Waals surface area contributed by atoms with E-state index >= 15 is 0 Å². The van der Waals surface area contributed by atoms with Gasteiger partial charge in [-0.05, 0) is 29.3 Å². The summed E-state index contributed by atoms with van der Waals surface area (Å²) in [4.78, 5) is 39.5. The lowest BCUT2D eigenvalue weighted by Crippen LogP contribution is -2.43. The van der Waals surface area contributed by atoms with Crippen LogP contribution in [0.1, 0.15) is 25.8 Å². The van der Waals surface area contributed by atoms with Crippen molar-refractivity contribution in [3.63, 3.8) is 0 Å². The Kier molecular flexibility index (Phi) is 5.22. The number of rotatable bonds is 5. The first-order valence-corrected chi connectivity index (χ1v) is 9.19. The first-order valence-electron chi connectivity index (χ1n) is 7.43. The first kappa shape index (κ1) is 17.3. The zero-order valence-corrected chi connectivity index (χ0v) is 14.8. The number of carbonyl (C=O) groups is 3. The van der Waals surface area contributed by atoms with E-state index < -0.39 is 11.8 Å². The van der Waals surface area contributed by atoms with Crippen LogP contribution in [0.5, 0.6) is 0 Å². The number of ketones is 1. The summed E-state index contributed by atoms with van der Waals surface area (Å²) in [6.45, 7) is 0.122. The highest BCUT2D eigenvalue weighted by Crippen LogP contribution is 2.18. The van der Waals surface area contributed by atoms with Gasteiger partial charge in [-0.25, -0.2) is 10.9 Å². The Hall–Kier alpha value is -2.55. The van der Waals surface area contributed by atoms with E-state index in [0.717, 1.165) is 0 Å². The van der Waals surface area contributed by atoms with E-state index in [2.05, 4.69) is 0 Å². The maximum absolute atomic E-state index is 12.5. The van der Waals surface area contributed by atoms with Gasteiger partial charge in [0.25, 0.3) is 11.8 Å². The predicted molar refractivity (Wildman–Crippen MR) is 96.9 cm³/mol. The highest BCUT2D eigenvalue weighted by molar-refractivity contribution is 7.12. The zero-order chi connectivity index (χ0) is 17.8. The Bertz CT molecular complexity index is 839. The SMILES string of the molecule is NN(C(=O)C1=CN(CC(=O)c2cccs2)C=CC1)C(=O)c1cccs1. The standard InChI is InChI=1S/C17H15N3O3S2/c18-20(17(23)15-6-3-9-25-15)16(22)12-4-1-7-19(10-12)11-13(21)14-5-2-8-24-14/h1-3,5-10H,4,11,18H2. The monoisotopic (exact) mass is 373 g/mol. The second-order valence-corrected chi connectivity index (χ2v) is 7.17. The van der Waals surface area contributed by atoms with Crippen LogP contribution in [0.4, 0.5) is 0 Å². The number of imide groups is 1. The molecule has 0 aliphatic carbocycles. The molecule has 2 amide bonds. The summed E-state index contributed by atoms with van der Waals surface area (Å²) in [5, 5.41) is 4.20. The third-order valence-corrected chi connectivity index (χ3v) is 5.29. The molecule has 0 saturated heterocycles. The summed E-state index contributed by atoms with van der Waals surface area (Å²) in [5.74, 6) is 4.54. The quantitative estimate of drug-likeness (QED) is 0.286. The van der Waals surface area contributed by atoms with Gasteiger partial charge in [-0.3, -0.25) is 14.4 Å². The number of nitrogens with two attached hydrogens (primary N) is 1. The van der Waals surface area contributed by atoms with E-state index in [1.165, 1.54) is 22.7 Å². The fraction of sp³-hybridized carbons (Fsp3) is 0.118. The van der Waals surface area contributed by atoms with E-state index in [9.17, 15) is 14.4 Å². The van der Waals surface area contributed by atoms with E-state index in [1.807, 2.05) is 11.4 Å². The molecule has 0 atom stereocenters. The van der Waals surface area contributed by atoms with Gasteiger partial charge in [0.2, 0.25) is 0 Å². The summed E-state index contributed by atoms with van der Waals surface area (Å²) >= 11 is 2.59. The zero-order valence-electron chi connectivity index (χ0n) is 13.1. The van der Waals surface area contributed by atoms with Crippen LogP contribution in [0.25, 0.3) is 0 Å². The number of carbonyl (C=O) groups excluding carboxylic acids is 3. The Balaban J connectivity index is 1.69. The van der Waals surface area contributed by atoms with E-state index in [0.29, 0.717) is 26.8 Å². The number of thiophene rings is 2. The van der Waals surface area contributed by atoms with Crippen molar-refractivity contribution in [1.29, 1.82) is 0 Å². The van der Waals surface area contributed by atoms with E-state index in [-0.39, 0.29) is 12.3 Å². The molecule has 2 N–H and O–H groups in total. The molecule has 0 bridgehead atoms. The second kappa shape index (κ2) is 7.56.